The largest absolute Gasteiger partial charge is 0.465 e. The van der Waals surface area contributed by atoms with Crippen LogP contribution in [-0.4, -0.2) is 63.8 Å². The Morgan fingerprint density at radius 2 is 1.78 bits per heavy atom. The lowest BCUT2D eigenvalue weighted by atomic mass is 10.0. The molecule has 2 unspecified atom stereocenters. The van der Waals surface area contributed by atoms with Crippen molar-refractivity contribution in [2.24, 2.45) is 0 Å². The van der Waals surface area contributed by atoms with Crippen LogP contribution in [0, 0.1) is 0 Å². The molecule has 2 aliphatic heterocycles. The molecule has 2 fully saturated rings. The van der Waals surface area contributed by atoms with Gasteiger partial charge in [-0.15, -0.1) is 0 Å². The zero-order valence-corrected chi connectivity index (χ0v) is 10.4. The van der Waals surface area contributed by atoms with Gasteiger partial charge in [-0.3, -0.25) is 9.69 Å². The third-order valence-corrected chi connectivity index (χ3v) is 3.90. The van der Waals surface area contributed by atoms with Crippen molar-refractivity contribution in [1.29, 1.82) is 0 Å². The number of rotatable bonds is 2. The van der Waals surface area contributed by atoms with E-state index in [-0.39, 0.29) is 18.6 Å². The third kappa shape index (κ3) is 2.43. The molecule has 0 bridgehead atoms. The molecule has 0 aromatic rings. The molecular formula is C12H20N2O4. The minimum absolute atomic E-state index is 0.0362. The number of hydrogen-bond acceptors (Lipinski definition) is 3. The first kappa shape index (κ1) is 13.1. The number of aliphatic hydroxyl groups is 1. The molecule has 0 aromatic heterocycles. The van der Waals surface area contributed by atoms with E-state index in [0.717, 1.165) is 25.7 Å². The minimum Gasteiger partial charge on any atom is -0.465 e. The Labute approximate surface area is 106 Å². The van der Waals surface area contributed by atoms with Crippen molar-refractivity contribution in [2.45, 2.75) is 44.2 Å². The molecule has 2 N–H and O–H groups in total. The Morgan fingerprint density at radius 1 is 1.06 bits per heavy atom. The summed E-state index contributed by atoms with van der Waals surface area (Å²) in [5.74, 6) is -0.131. The molecule has 0 saturated carbocycles. The lowest BCUT2D eigenvalue weighted by molar-refractivity contribution is -0.139. The van der Waals surface area contributed by atoms with Crippen LogP contribution in [0.25, 0.3) is 0 Å². The van der Waals surface area contributed by atoms with Crippen LogP contribution in [0.5, 0.6) is 0 Å². The van der Waals surface area contributed by atoms with Gasteiger partial charge in [0.05, 0.1) is 12.6 Å². The van der Waals surface area contributed by atoms with Gasteiger partial charge in [0.1, 0.15) is 6.04 Å². The summed E-state index contributed by atoms with van der Waals surface area (Å²) in [7, 11) is 0. The number of likely N-dealkylation sites (tertiary alicyclic amines) is 2. The molecule has 2 amide bonds. The van der Waals surface area contributed by atoms with Crippen LogP contribution in [0.4, 0.5) is 4.79 Å². The van der Waals surface area contributed by atoms with Crippen molar-refractivity contribution in [3.05, 3.63) is 0 Å². The van der Waals surface area contributed by atoms with E-state index >= 15 is 0 Å². The van der Waals surface area contributed by atoms with Crippen LogP contribution in [0.1, 0.15) is 32.1 Å². The molecule has 18 heavy (non-hydrogen) atoms. The average molecular weight is 256 g/mol. The number of piperidine rings is 1. The molecule has 0 aliphatic carbocycles. The molecule has 102 valence electrons. The third-order valence-electron chi connectivity index (χ3n) is 3.90. The average Bonchev–Trinajstić information content (AvgIpc) is 2.86. The predicted octanol–water partition coefficient (Wildman–Crippen LogP) is 0.502. The van der Waals surface area contributed by atoms with E-state index in [9.17, 15) is 14.7 Å². The van der Waals surface area contributed by atoms with Crippen molar-refractivity contribution < 1.29 is 19.8 Å². The molecular weight excluding hydrogens is 236 g/mol. The molecule has 2 atom stereocenters. The maximum atomic E-state index is 12.4. The van der Waals surface area contributed by atoms with Gasteiger partial charge in [0.15, 0.2) is 0 Å². The summed E-state index contributed by atoms with van der Waals surface area (Å²) in [6, 6.07) is -0.682. The molecule has 2 aliphatic rings. The summed E-state index contributed by atoms with van der Waals surface area (Å²) in [5, 5.41) is 18.4. The highest BCUT2D eigenvalue weighted by atomic mass is 16.4. The molecule has 2 saturated heterocycles. The van der Waals surface area contributed by atoms with Crippen LogP contribution in [0.15, 0.2) is 0 Å². The van der Waals surface area contributed by atoms with Gasteiger partial charge in [-0.05, 0) is 32.1 Å². The lowest BCUT2D eigenvalue weighted by Gasteiger charge is -2.36. The number of carboxylic acid groups (broad SMARTS) is 1. The fourth-order valence-corrected chi connectivity index (χ4v) is 2.92. The van der Waals surface area contributed by atoms with Gasteiger partial charge in [-0.25, -0.2) is 4.79 Å². The highest BCUT2D eigenvalue weighted by Gasteiger charge is 2.38. The summed E-state index contributed by atoms with van der Waals surface area (Å²) >= 11 is 0. The standard InChI is InChI=1S/C12H20N2O4/c15-8-9-4-3-7-13(9)11(16)10-5-1-2-6-14(10)12(17)18/h9-10,15H,1-8H2,(H,17,18). The second-order valence-corrected chi connectivity index (χ2v) is 5.00. The van der Waals surface area contributed by atoms with E-state index in [4.69, 9.17) is 5.11 Å². The van der Waals surface area contributed by atoms with E-state index in [2.05, 4.69) is 0 Å². The van der Waals surface area contributed by atoms with Crippen molar-refractivity contribution in [2.75, 3.05) is 19.7 Å². The number of aliphatic hydroxyl groups excluding tert-OH is 1. The van der Waals surface area contributed by atoms with Gasteiger partial charge < -0.3 is 15.1 Å². The first-order valence-electron chi connectivity index (χ1n) is 6.56. The van der Waals surface area contributed by atoms with Gasteiger partial charge in [0.25, 0.3) is 0 Å². The highest BCUT2D eigenvalue weighted by molar-refractivity contribution is 5.86. The van der Waals surface area contributed by atoms with Gasteiger partial charge >= 0.3 is 6.09 Å². The summed E-state index contributed by atoms with van der Waals surface area (Å²) in [4.78, 5) is 26.4. The number of amides is 2. The van der Waals surface area contributed by atoms with Gasteiger partial charge in [0.2, 0.25) is 5.91 Å². The van der Waals surface area contributed by atoms with Gasteiger partial charge in [-0.1, -0.05) is 0 Å². The van der Waals surface area contributed by atoms with Crippen molar-refractivity contribution in [1.82, 2.24) is 9.80 Å². The Balaban J connectivity index is 2.08. The first-order chi connectivity index (χ1) is 8.65. The molecule has 6 nitrogen and oxygen atoms in total. The Kier molecular flexibility index (Phi) is 4.06. The van der Waals surface area contributed by atoms with Crippen molar-refractivity contribution in [3.63, 3.8) is 0 Å². The second-order valence-electron chi connectivity index (χ2n) is 5.00. The Bertz CT molecular complexity index is 334. The summed E-state index contributed by atoms with van der Waals surface area (Å²) < 4.78 is 0. The zero-order chi connectivity index (χ0) is 13.1. The number of carbonyl (C=O) groups excluding carboxylic acids is 1. The maximum Gasteiger partial charge on any atom is 0.407 e. The normalized spacial score (nSPS) is 28.5. The second kappa shape index (κ2) is 5.56. The van der Waals surface area contributed by atoms with E-state index in [0.29, 0.717) is 19.5 Å². The summed E-state index contributed by atoms with van der Waals surface area (Å²) in [5.41, 5.74) is 0. The molecule has 0 spiro atoms. The number of nitrogens with zero attached hydrogens (tertiary/aromatic N) is 2. The van der Waals surface area contributed by atoms with E-state index < -0.39 is 12.1 Å². The fraction of sp³-hybridized carbons (Fsp3) is 0.833. The van der Waals surface area contributed by atoms with Crippen LogP contribution in [0.3, 0.4) is 0 Å². The summed E-state index contributed by atoms with van der Waals surface area (Å²) in [6.45, 7) is 1.03. The van der Waals surface area contributed by atoms with Crippen LogP contribution < -0.4 is 0 Å². The summed E-state index contributed by atoms with van der Waals surface area (Å²) in [6.07, 6.45) is 2.98. The van der Waals surface area contributed by atoms with Crippen LogP contribution in [-0.2, 0) is 4.79 Å². The Morgan fingerprint density at radius 3 is 2.44 bits per heavy atom. The predicted molar refractivity (Wildman–Crippen MR) is 64.2 cm³/mol. The molecule has 0 aromatic carbocycles. The van der Waals surface area contributed by atoms with Crippen LogP contribution >= 0.6 is 0 Å². The first-order valence-corrected chi connectivity index (χ1v) is 6.56. The van der Waals surface area contributed by atoms with Crippen molar-refractivity contribution in [3.8, 4) is 0 Å². The molecule has 2 heterocycles. The minimum atomic E-state index is -1.02. The van der Waals surface area contributed by atoms with E-state index in [1.54, 1.807) is 4.90 Å². The van der Waals surface area contributed by atoms with Crippen molar-refractivity contribution >= 4 is 12.0 Å². The van der Waals surface area contributed by atoms with Gasteiger partial charge in [0, 0.05) is 13.1 Å². The smallest absolute Gasteiger partial charge is 0.407 e. The van der Waals surface area contributed by atoms with E-state index in [1.165, 1.54) is 4.90 Å². The molecule has 6 heteroatoms. The van der Waals surface area contributed by atoms with E-state index in [1.807, 2.05) is 0 Å². The Hall–Kier alpha value is -1.30. The number of hydrogen-bond donors (Lipinski definition) is 2. The topological polar surface area (TPSA) is 81.1 Å². The maximum absolute atomic E-state index is 12.4. The molecule has 0 radical (unpaired) electrons. The monoisotopic (exact) mass is 256 g/mol. The zero-order valence-electron chi connectivity index (χ0n) is 10.4. The van der Waals surface area contributed by atoms with Gasteiger partial charge in [-0.2, -0.15) is 0 Å². The number of carbonyl (C=O) groups is 2. The highest BCUT2D eigenvalue weighted by Crippen LogP contribution is 2.24. The quantitative estimate of drug-likeness (QED) is 0.754. The SMILES string of the molecule is O=C(C1CCCCN1C(=O)O)N1CCCC1CO. The molecule has 2 rings (SSSR count). The fourth-order valence-electron chi connectivity index (χ4n) is 2.92. The van der Waals surface area contributed by atoms with Crippen LogP contribution in [0.2, 0.25) is 0 Å². The lowest BCUT2D eigenvalue weighted by Crippen LogP contribution is -2.54.